The molecule has 2 saturated heterocycles. The topological polar surface area (TPSA) is 32.3 Å². The zero-order valence-corrected chi connectivity index (χ0v) is 19.5. The van der Waals surface area contributed by atoms with Gasteiger partial charge in [0, 0.05) is 36.8 Å². The number of benzene rings is 2. The third-order valence-electron chi connectivity index (χ3n) is 7.26. The minimum atomic E-state index is -0.212. The molecule has 1 atom stereocenters. The van der Waals surface area contributed by atoms with Gasteiger partial charge in [0.05, 0.1) is 5.69 Å². The van der Waals surface area contributed by atoms with Crippen LogP contribution < -0.4 is 0 Å². The predicted octanol–water partition coefficient (Wildman–Crippen LogP) is 5.44. The summed E-state index contributed by atoms with van der Waals surface area (Å²) >= 11 is 0. The van der Waals surface area contributed by atoms with Gasteiger partial charge in [-0.25, -0.2) is 14.4 Å². The molecule has 0 radical (unpaired) electrons. The molecule has 0 amide bonds. The molecule has 0 bridgehead atoms. The van der Waals surface area contributed by atoms with Gasteiger partial charge >= 0.3 is 0 Å². The summed E-state index contributed by atoms with van der Waals surface area (Å²) in [7, 11) is 0. The summed E-state index contributed by atoms with van der Waals surface area (Å²) in [4.78, 5) is 14.7. The Bertz CT molecular complexity index is 1050. The van der Waals surface area contributed by atoms with Crippen molar-refractivity contribution in [3.05, 3.63) is 83.7 Å². The molecule has 0 aliphatic carbocycles. The van der Waals surface area contributed by atoms with E-state index >= 15 is 0 Å². The van der Waals surface area contributed by atoms with Crippen molar-refractivity contribution < 1.29 is 4.39 Å². The Labute approximate surface area is 196 Å². The van der Waals surface area contributed by atoms with Gasteiger partial charge in [0.1, 0.15) is 11.6 Å². The normalized spacial score (nSPS) is 20.7. The van der Waals surface area contributed by atoms with Crippen LogP contribution in [0.3, 0.4) is 0 Å². The van der Waals surface area contributed by atoms with E-state index in [2.05, 4.69) is 45.1 Å². The summed E-state index contributed by atoms with van der Waals surface area (Å²) < 4.78 is 13.5. The van der Waals surface area contributed by atoms with E-state index < -0.39 is 0 Å². The molecule has 2 aromatic carbocycles. The first-order chi connectivity index (χ1) is 16.2. The zero-order chi connectivity index (χ0) is 22.6. The number of rotatable bonds is 5. The lowest BCUT2D eigenvalue weighted by molar-refractivity contribution is 0.0818. The lowest BCUT2D eigenvalue weighted by Gasteiger charge is -2.42. The average Bonchev–Trinajstić information content (AvgIpc) is 2.86. The molecule has 2 aliphatic heterocycles. The highest BCUT2D eigenvalue weighted by Crippen LogP contribution is 2.34. The van der Waals surface area contributed by atoms with E-state index in [-0.39, 0.29) is 5.82 Å². The Hall–Kier alpha value is -2.63. The van der Waals surface area contributed by atoms with Crippen molar-refractivity contribution in [2.24, 2.45) is 0 Å². The molecule has 5 heteroatoms. The van der Waals surface area contributed by atoms with Crippen LogP contribution in [0, 0.1) is 12.7 Å². The molecule has 0 unspecified atom stereocenters. The highest BCUT2D eigenvalue weighted by atomic mass is 19.1. The van der Waals surface area contributed by atoms with Crippen molar-refractivity contribution in [1.29, 1.82) is 0 Å². The van der Waals surface area contributed by atoms with Crippen molar-refractivity contribution in [2.75, 3.05) is 26.2 Å². The highest BCUT2D eigenvalue weighted by molar-refractivity contribution is 5.65. The summed E-state index contributed by atoms with van der Waals surface area (Å²) in [5.41, 5.74) is 4.57. The third-order valence-corrected chi connectivity index (χ3v) is 7.26. The first kappa shape index (κ1) is 22.2. The monoisotopic (exact) mass is 444 g/mol. The van der Waals surface area contributed by atoms with Gasteiger partial charge in [-0.1, -0.05) is 42.5 Å². The summed E-state index contributed by atoms with van der Waals surface area (Å²) in [6.45, 7) is 7.56. The molecule has 1 aromatic heterocycles. The van der Waals surface area contributed by atoms with Crippen LogP contribution in [0.15, 0.2) is 60.8 Å². The Morgan fingerprint density at radius 2 is 1.70 bits per heavy atom. The van der Waals surface area contributed by atoms with Gasteiger partial charge < -0.3 is 0 Å². The molecule has 0 spiro atoms. The second-order valence-corrected chi connectivity index (χ2v) is 9.55. The molecule has 2 aliphatic rings. The fourth-order valence-electron chi connectivity index (χ4n) is 5.50. The standard InChI is InChI=1S/C28H33FN4/c1-21-30-18-27(23-9-11-25(29)12-10-23)28(31-21)24-8-5-15-33(20-24)26-13-16-32(17-14-26)19-22-6-3-2-4-7-22/h2-4,6-7,9-12,18,24,26H,5,8,13-17,19-20H2,1H3/t24-/m0/s1. The highest BCUT2D eigenvalue weighted by Gasteiger charge is 2.31. The lowest BCUT2D eigenvalue weighted by atomic mass is 9.88. The van der Waals surface area contributed by atoms with Crippen LogP contribution in [0.5, 0.6) is 0 Å². The maximum Gasteiger partial charge on any atom is 0.125 e. The predicted molar refractivity (Wildman–Crippen MR) is 130 cm³/mol. The second kappa shape index (κ2) is 10.1. The molecule has 4 nitrogen and oxygen atoms in total. The Kier molecular flexibility index (Phi) is 6.79. The van der Waals surface area contributed by atoms with Gasteiger partial charge in [0.15, 0.2) is 0 Å². The van der Waals surface area contributed by atoms with Crippen LogP contribution in [0.1, 0.15) is 48.7 Å². The van der Waals surface area contributed by atoms with Crippen molar-refractivity contribution in [1.82, 2.24) is 19.8 Å². The summed E-state index contributed by atoms with van der Waals surface area (Å²) in [5, 5.41) is 0. The quantitative estimate of drug-likeness (QED) is 0.525. The fourth-order valence-corrected chi connectivity index (χ4v) is 5.50. The van der Waals surface area contributed by atoms with Gasteiger partial charge in [-0.15, -0.1) is 0 Å². The Balaban J connectivity index is 1.26. The summed E-state index contributed by atoms with van der Waals surface area (Å²) in [5.74, 6) is 0.987. The van der Waals surface area contributed by atoms with Gasteiger partial charge in [-0.3, -0.25) is 9.80 Å². The van der Waals surface area contributed by atoms with E-state index in [1.165, 1.54) is 43.5 Å². The van der Waals surface area contributed by atoms with E-state index in [4.69, 9.17) is 4.98 Å². The van der Waals surface area contributed by atoms with Crippen LogP contribution >= 0.6 is 0 Å². The Morgan fingerprint density at radius 3 is 2.45 bits per heavy atom. The number of piperidine rings is 2. The van der Waals surface area contributed by atoms with Crippen LogP contribution in [0.4, 0.5) is 4.39 Å². The number of aryl methyl sites for hydroxylation is 1. The van der Waals surface area contributed by atoms with Gasteiger partial charge in [-0.05, 0) is 75.5 Å². The number of aromatic nitrogens is 2. The van der Waals surface area contributed by atoms with Crippen LogP contribution in [0.2, 0.25) is 0 Å². The van der Waals surface area contributed by atoms with Crippen molar-refractivity contribution in [3.8, 4) is 11.1 Å². The lowest BCUT2D eigenvalue weighted by Crippen LogP contribution is -2.48. The summed E-state index contributed by atoms with van der Waals surface area (Å²) in [6.07, 6.45) is 6.72. The number of hydrogen-bond acceptors (Lipinski definition) is 4. The van der Waals surface area contributed by atoms with Gasteiger partial charge in [0.25, 0.3) is 0 Å². The molecule has 0 saturated carbocycles. The average molecular weight is 445 g/mol. The second-order valence-electron chi connectivity index (χ2n) is 9.55. The van der Waals surface area contributed by atoms with E-state index in [1.54, 1.807) is 0 Å². The molecule has 2 fully saturated rings. The van der Waals surface area contributed by atoms with E-state index in [0.717, 1.165) is 55.2 Å². The zero-order valence-electron chi connectivity index (χ0n) is 19.5. The summed E-state index contributed by atoms with van der Waals surface area (Å²) in [6, 6.07) is 18.2. The molecule has 0 N–H and O–H groups in total. The van der Waals surface area contributed by atoms with Crippen LogP contribution in [-0.4, -0.2) is 52.0 Å². The van der Waals surface area contributed by atoms with Crippen LogP contribution in [-0.2, 0) is 6.54 Å². The Morgan fingerprint density at radius 1 is 0.939 bits per heavy atom. The van der Waals surface area contributed by atoms with Crippen molar-refractivity contribution in [3.63, 3.8) is 0 Å². The third kappa shape index (κ3) is 5.31. The fraction of sp³-hybridized carbons (Fsp3) is 0.429. The molecule has 5 rings (SSSR count). The van der Waals surface area contributed by atoms with E-state index in [0.29, 0.717) is 12.0 Å². The van der Waals surface area contributed by atoms with Gasteiger partial charge in [-0.2, -0.15) is 0 Å². The number of likely N-dealkylation sites (tertiary alicyclic amines) is 2. The van der Waals surface area contributed by atoms with Crippen molar-refractivity contribution >= 4 is 0 Å². The molecule has 172 valence electrons. The number of halogens is 1. The smallest absolute Gasteiger partial charge is 0.125 e. The van der Waals surface area contributed by atoms with E-state index in [1.807, 2.05) is 25.3 Å². The van der Waals surface area contributed by atoms with E-state index in [9.17, 15) is 4.39 Å². The molecule has 33 heavy (non-hydrogen) atoms. The van der Waals surface area contributed by atoms with Crippen LogP contribution in [0.25, 0.3) is 11.1 Å². The van der Waals surface area contributed by atoms with Crippen molar-refractivity contribution in [2.45, 2.75) is 51.1 Å². The maximum atomic E-state index is 13.5. The molecule has 3 heterocycles. The van der Waals surface area contributed by atoms with Gasteiger partial charge in [0.2, 0.25) is 0 Å². The minimum Gasteiger partial charge on any atom is -0.300 e. The molecular weight excluding hydrogens is 411 g/mol. The minimum absolute atomic E-state index is 0.212. The molecule has 3 aromatic rings. The largest absolute Gasteiger partial charge is 0.300 e. The molecular formula is C28H33FN4. The SMILES string of the molecule is Cc1ncc(-c2ccc(F)cc2)c([C@H]2CCCN(C3CCN(Cc4ccccc4)CC3)C2)n1. The first-order valence-electron chi connectivity index (χ1n) is 12.3. The first-order valence-corrected chi connectivity index (χ1v) is 12.3. The number of hydrogen-bond donors (Lipinski definition) is 0. The maximum absolute atomic E-state index is 13.5. The number of nitrogens with zero attached hydrogens (tertiary/aromatic N) is 4.